The molecule has 3 heteroatoms. The fourth-order valence-corrected chi connectivity index (χ4v) is 7.98. The number of hydrogen-bond donors (Lipinski definition) is 2. The van der Waals surface area contributed by atoms with E-state index in [0.29, 0.717) is 11.3 Å². The van der Waals surface area contributed by atoms with E-state index in [1.54, 1.807) is 0 Å². The van der Waals surface area contributed by atoms with Gasteiger partial charge in [0.25, 0.3) is 0 Å². The molecule has 0 bridgehead atoms. The normalized spacial score (nSPS) is 39.6. The lowest BCUT2D eigenvalue weighted by molar-refractivity contribution is -0.0911. The molecule has 0 aromatic heterocycles. The summed E-state index contributed by atoms with van der Waals surface area (Å²) in [5.41, 5.74) is 2.70. The van der Waals surface area contributed by atoms with Crippen LogP contribution in [0.5, 0.6) is 0 Å². The van der Waals surface area contributed by atoms with E-state index >= 15 is 0 Å². The second-order valence-corrected chi connectivity index (χ2v) is 12.0. The van der Waals surface area contributed by atoms with Crippen molar-refractivity contribution in [3.63, 3.8) is 0 Å². The average Bonchev–Trinajstić information content (AvgIpc) is 3.11. The van der Waals surface area contributed by atoms with Crippen LogP contribution in [0.2, 0.25) is 0 Å². The van der Waals surface area contributed by atoms with Crippen molar-refractivity contribution in [2.24, 2.45) is 34.5 Å². The summed E-state index contributed by atoms with van der Waals surface area (Å²) >= 11 is 0. The minimum Gasteiger partial charge on any atom is -0.390 e. The van der Waals surface area contributed by atoms with Gasteiger partial charge in [-0.2, -0.15) is 0 Å². The van der Waals surface area contributed by atoms with Crippen LogP contribution >= 0.6 is 0 Å². The maximum Gasteiger partial charge on any atom is 0.143 e. The number of fused-ring (bicyclic) bond motifs is 2. The summed E-state index contributed by atoms with van der Waals surface area (Å²) in [6.07, 6.45) is 14.5. The molecule has 0 aromatic rings. The maximum atomic E-state index is 10.1. The molecule has 4 aliphatic rings. The summed E-state index contributed by atoms with van der Waals surface area (Å²) in [4.78, 5) is 0. The van der Waals surface area contributed by atoms with Crippen molar-refractivity contribution in [2.45, 2.75) is 104 Å². The van der Waals surface area contributed by atoms with Gasteiger partial charge in [-0.15, -0.1) is 0 Å². The van der Waals surface area contributed by atoms with Crippen molar-refractivity contribution in [1.29, 1.82) is 0 Å². The molecule has 4 aliphatic carbocycles. The first-order valence-electron chi connectivity index (χ1n) is 12.5. The molecule has 3 saturated carbocycles. The molecule has 0 aromatic carbocycles. The van der Waals surface area contributed by atoms with Gasteiger partial charge in [0.1, 0.15) is 6.79 Å². The van der Waals surface area contributed by atoms with Gasteiger partial charge in [-0.05, 0) is 87.0 Å². The van der Waals surface area contributed by atoms with Gasteiger partial charge in [-0.1, -0.05) is 57.8 Å². The van der Waals surface area contributed by atoms with Crippen molar-refractivity contribution < 1.29 is 14.9 Å². The Morgan fingerprint density at radius 3 is 2.67 bits per heavy atom. The van der Waals surface area contributed by atoms with Crippen LogP contribution in [0.15, 0.2) is 23.8 Å². The van der Waals surface area contributed by atoms with Gasteiger partial charge in [-0.3, -0.25) is 0 Å². The number of allylic oxidation sites excluding steroid dienone is 1. The predicted octanol–water partition coefficient (Wildman–Crippen LogP) is 6.01. The first kappa shape index (κ1) is 22.6. The number of aliphatic hydroxyl groups excluding tert-OH is 1. The minimum absolute atomic E-state index is 0.0823. The smallest absolute Gasteiger partial charge is 0.143 e. The molecule has 4 rings (SSSR count). The Morgan fingerprint density at radius 2 is 2.07 bits per heavy atom. The third kappa shape index (κ3) is 3.84. The third-order valence-electron chi connectivity index (χ3n) is 9.66. The summed E-state index contributed by atoms with van der Waals surface area (Å²) < 4.78 is 5.93. The highest BCUT2D eigenvalue weighted by Gasteiger charge is 2.63. The molecule has 170 valence electrons. The zero-order valence-corrected chi connectivity index (χ0v) is 19.8. The summed E-state index contributed by atoms with van der Waals surface area (Å²) in [6, 6.07) is 0. The van der Waals surface area contributed by atoms with Crippen LogP contribution in [0, 0.1) is 34.5 Å². The fourth-order valence-electron chi connectivity index (χ4n) is 7.98. The van der Waals surface area contributed by atoms with Crippen LogP contribution in [0.1, 0.15) is 91.9 Å². The van der Waals surface area contributed by atoms with Crippen molar-refractivity contribution in [1.82, 2.24) is 0 Å². The minimum atomic E-state index is -0.541. The van der Waals surface area contributed by atoms with Gasteiger partial charge in [0.15, 0.2) is 0 Å². The highest BCUT2D eigenvalue weighted by Crippen LogP contribution is 2.70. The quantitative estimate of drug-likeness (QED) is 0.429. The first-order chi connectivity index (χ1) is 14.1. The molecular formula is C27H44O3. The number of rotatable bonds is 10. The molecule has 0 heterocycles. The van der Waals surface area contributed by atoms with Gasteiger partial charge in [-0.25, -0.2) is 0 Å². The standard InChI is InChI=1S/C27H44O3/c1-18(8-6-12-25(3,4)29)22-10-11-23-20(9-7-13-26(22,23)5)15-24(30-17-28)27-16-21(27)14-19(27)2/h14,18,20,22-24,28-29H,2,6-13,15-17H2,1,3-5H3/t18-,20?,22-,23+,24?,26-,27+/m1/s1. The monoisotopic (exact) mass is 416 g/mol. The van der Waals surface area contributed by atoms with Gasteiger partial charge in [0.2, 0.25) is 0 Å². The highest BCUT2D eigenvalue weighted by atomic mass is 16.6. The van der Waals surface area contributed by atoms with Crippen LogP contribution in [0.25, 0.3) is 0 Å². The highest BCUT2D eigenvalue weighted by molar-refractivity contribution is 5.61. The second kappa shape index (κ2) is 8.05. The largest absolute Gasteiger partial charge is 0.390 e. The van der Waals surface area contributed by atoms with Crippen molar-refractivity contribution in [3.8, 4) is 0 Å². The van der Waals surface area contributed by atoms with E-state index in [9.17, 15) is 10.2 Å². The molecule has 0 spiro atoms. The maximum absolute atomic E-state index is 10.1. The van der Waals surface area contributed by atoms with Crippen LogP contribution in [0.4, 0.5) is 0 Å². The number of hydrogen-bond acceptors (Lipinski definition) is 3. The lowest BCUT2D eigenvalue weighted by atomic mass is 9.57. The SMILES string of the molecule is C=C1C=C2C[C@]12C(CC1CCC[C@]2(C)[C@@H]([C@H](C)CCCC(C)(C)O)CC[C@@H]12)OCO. The molecular weight excluding hydrogens is 372 g/mol. The Kier molecular flexibility index (Phi) is 6.05. The summed E-state index contributed by atoms with van der Waals surface area (Å²) in [6.45, 7) is 13.0. The molecule has 0 saturated heterocycles. The molecule has 0 radical (unpaired) electrons. The van der Waals surface area contributed by atoms with Crippen LogP contribution in [-0.2, 0) is 4.74 Å². The van der Waals surface area contributed by atoms with Crippen LogP contribution in [-0.4, -0.2) is 28.7 Å². The van der Waals surface area contributed by atoms with E-state index in [4.69, 9.17) is 4.74 Å². The Balaban J connectivity index is 1.41. The Morgan fingerprint density at radius 1 is 1.30 bits per heavy atom. The van der Waals surface area contributed by atoms with Gasteiger partial charge >= 0.3 is 0 Å². The Labute approximate surface area is 184 Å². The average molecular weight is 417 g/mol. The number of aliphatic hydroxyl groups is 2. The summed E-state index contributed by atoms with van der Waals surface area (Å²) in [5.74, 6) is 3.03. The van der Waals surface area contributed by atoms with E-state index in [1.807, 2.05) is 13.8 Å². The Hall–Kier alpha value is -0.640. The molecule has 2 unspecified atom stereocenters. The molecule has 3 nitrogen and oxygen atoms in total. The van der Waals surface area contributed by atoms with Gasteiger partial charge in [0, 0.05) is 5.41 Å². The van der Waals surface area contributed by atoms with Gasteiger partial charge < -0.3 is 14.9 Å². The van der Waals surface area contributed by atoms with Crippen LogP contribution < -0.4 is 0 Å². The van der Waals surface area contributed by atoms with E-state index in [2.05, 4.69) is 26.5 Å². The topological polar surface area (TPSA) is 49.7 Å². The summed E-state index contributed by atoms with van der Waals surface area (Å²) in [5, 5.41) is 19.6. The lowest BCUT2D eigenvalue weighted by Crippen LogP contribution is -2.42. The zero-order valence-electron chi connectivity index (χ0n) is 19.8. The lowest BCUT2D eigenvalue weighted by Gasteiger charge is -2.48. The molecule has 2 N–H and O–H groups in total. The predicted molar refractivity (Wildman–Crippen MR) is 122 cm³/mol. The molecule has 0 aliphatic heterocycles. The molecule has 0 amide bonds. The summed E-state index contributed by atoms with van der Waals surface area (Å²) in [7, 11) is 0. The molecule has 3 fully saturated rings. The van der Waals surface area contributed by atoms with Crippen molar-refractivity contribution in [3.05, 3.63) is 23.8 Å². The van der Waals surface area contributed by atoms with Gasteiger partial charge in [0.05, 0.1) is 11.7 Å². The Bertz CT molecular complexity index is 682. The van der Waals surface area contributed by atoms with Crippen LogP contribution in [0.3, 0.4) is 0 Å². The van der Waals surface area contributed by atoms with E-state index in [-0.39, 0.29) is 18.3 Å². The molecule has 7 atom stereocenters. The van der Waals surface area contributed by atoms with E-state index in [1.165, 1.54) is 49.7 Å². The second-order valence-electron chi connectivity index (χ2n) is 12.0. The van der Waals surface area contributed by atoms with Crippen molar-refractivity contribution in [2.75, 3.05) is 6.79 Å². The van der Waals surface area contributed by atoms with Crippen molar-refractivity contribution >= 4 is 0 Å². The molecule has 30 heavy (non-hydrogen) atoms. The fraction of sp³-hybridized carbons (Fsp3) is 0.852. The first-order valence-corrected chi connectivity index (χ1v) is 12.5. The van der Waals surface area contributed by atoms with E-state index < -0.39 is 5.60 Å². The van der Waals surface area contributed by atoms with E-state index in [0.717, 1.165) is 43.4 Å². The zero-order chi connectivity index (χ0) is 21.7. The number of ether oxygens (including phenoxy) is 1. The third-order valence-corrected chi connectivity index (χ3v) is 9.66.